The average Bonchev–Trinajstić information content (AvgIpc) is 2.31. The highest BCUT2D eigenvalue weighted by Crippen LogP contribution is 2.24. The lowest BCUT2D eigenvalue weighted by Crippen LogP contribution is -2.31. The van der Waals surface area contributed by atoms with E-state index in [1.165, 1.54) is 0 Å². The summed E-state index contributed by atoms with van der Waals surface area (Å²) < 4.78 is 0. The van der Waals surface area contributed by atoms with Crippen LogP contribution in [0.3, 0.4) is 0 Å². The van der Waals surface area contributed by atoms with Gasteiger partial charge in [-0.1, -0.05) is 6.42 Å². The Balaban J connectivity index is 2.20. The molecular formula is C7H13NO3. The number of hydrogen-bond donors (Lipinski definition) is 3. The summed E-state index contributed by atoms with van der Waals surface area (Å²) >= 11 is 0. The molecule has 1 amide bonds. The van der Waals surface area contributed by atoms with E-state index in [1.807, 2.05) is 0 Å². The highest BCUT2D eigenvalue weighted by atomic mass is 16.4. The lowest BCUT2D eigenvalue weighted by atomic mass is 10.1. The van der Waals surface area contributed by atoms with Crippen LogP contribution >= 0.6 is 0 Å². The van der Waals surface area contributed by atoms with Crippen molar-refractivity contribution in [2.45, 2.75) is 25.4 Å². The Morgan fingerprint density at radius 2 is 2.27 bits per heavy atom. The maximum Gasteiger partial charge on any atom is 0.404 e. The fourth-order valence-corrected chi connectivity index (χ4v) is 1.47. The number of aliphatic hydroxyl groups excluding tert-OH is 1. The summed E-state index contributed by atoms with van der Waals surface area (Å²) in [4.78, 5) is 10.1. The van der Waals surface area contributed by atoms with Crippen LogP contribution in [0.4, 0.5) is 4.79 Å². The minimum absolute atomic E-state index is 0.131. The van der Waals surface area contributed by atoms with Gasteiger partial charge in [0.1, 0.15) is 0 Å². The molecule has 4 heteroatoms. The van der Waals surface area contributed by atoms with Crippen LogP contribution in [0.2, 0.25) is 0 Å². The van der Waals surface area contributed by atoms with Crippen molar-refractivity contribution >= 4 is 6.09 Å². The van der Waals surface area contributed by atoms with Crippen molar-refractivity contribution < 1.29 is 15.0 Å². The number of rotatable bonds is 2. The molecule has 0 aliphatic heterocycles. The molecule has 1 saturated carbocycles. The van der Waals surface area contributed by atoms with Crippen LogP contribution in [0.1, 0.15) is 19.3 Å². The maximum atomic E-state index is 10.1. The molecule has 2 atom stereocenters. The van der Waals surface area contributed by atoms with Gasteiger partial charge in [-0.3, -0.25) is 0 Å². The molecule has 0 radical (unpaired) electrons. The molecule has 11 heavy (non-hydrogen) atoms. The molecule has 0 aromatic carbocycles. The summed E-state index contributed by atoms with van der Waals surface area (Å²) in [6.07, 6.45) is 1.44. The molecule has 0 bridgehead atoms. The predicted octanol–water partition coefficient (Wildman–Crippen LogP) is 0.415. The Labute approximate surface area is 65.2 Å². The van der Waals surface area contributed by atoms with E-state index >= 15 is 0 Å². The summed E-state index contributed by atoms with van der Waals surface area (Å²) in [5, 5.41) is 19.8. The molecule has 1 rings (SSSR count). The van der Waals surface area contributed by atoms with Gasteiger partial charge in [0.2, 0.25) is 0 Å². The van der Waals surface area contributed by atoms with E-state index in [0.29, 0.717) is 6.54 Å². The van der Waals surface area contributed by atoms with Crippen molar-refractivity contribution in [1.29, 1.82) is 0 Å². The molecule has 0 heterocycles. The second-order valence-electron chi connectivity index (χ2n) is 2.94. The zero-order chi connectivity index (χ0) is 8.27. The quantitative estimate of drug-likeness (QED) is 0.546. The Morgan fingerprint density at radius 3 is 2.73 bits per heavy atom. The van der Waals surface area contributed by atoms with Crippen LogP contribution in [-0.4, -0.2) is 29.0 Å². The van der Waals surface area contributed by atoms with Crippen molar-refractivity contribution in [1.82, 2.24) is 5.32 Å². The zero-order valence-corrected chi connectivity index (χ0v) is 6.29. The summed E-state index contributed by atoms with van der Waals surface area (Å²) in [5.41, 5.74) is 0. The van der Waals surface area contributed by atoms with E-state index in [9.17, 15) is 9.90 Å². The number of nitrogens with one attached hydrogen (secondary N) is 1. The van der Waals surface area contributed by atoms with Crippen molar-refractivity contribution in [2.24, 2.45) is 5.92 Å². The van der Waals surface area contributed by atoms with Crippen LogP contribution in [0.25, 0.3) is 0 Å². The second-order valence-corrected chi connectivity index (χ2v) is 2.94. The molecule has 3 N–H and O–H groups in total. The van der Waals surface area contributed by atoms with Crippen molar-refractivity contribution in [3.63, 3.8) is 0 Å². The standard InChI is InChI=1S/C7H13NO3/c9-6-3-1-2-5(6)4-8-7(10)11/h5-6,8-9H,1-4H2,(H,10,11). The van der Waals surface area contributed by atoms with Gasteiger partial charge in [0.15, 0.2) is 0 Å². The van der Waals surface area contributed by atoms with Crippen molar-refractivity contribution in [3.05, 3.63) is 0 Å². The molecule has 0 aromatic rings. The first-order valence-electron chi connectivity index (χ1n) is 3.85. The molecule has 0 saturated heterocycles. The SMILES string of the molecule is O=C(O)NCC1CCCC1O. The van der Waals surface area contributed by atoms with Gasteiger partial charge in [0, 0.05) is 12.5 Å². The molecule has 0 aromatic heterocycles. The monoisotopic (exact) mass is 159 g/mol. The molecule has 4 nitrogen and oxygen atoms in total. The molecule has 1 fully saturated rings. The normalized spacial score (nSPS) is 30.3. The largest absolute Gasteiger partial charge is 0.465 e. The Morgan fingerprint density at radius 1 is 1.55 bits per heavy atom. The minimum atomic E-state index is -1.01. The third kappa shape index (κ3) is 2.38. The number of carboxylic acid groups (broad SMARTS) is 1. The molecule has 0 spiro atoms. The molecule has 2 unspecified atom stereocenters. The smallest absolute Gasteiger partial charge is 0.404 e. The fourth-order valence-electron chi connectivity index (χ4n) is 1.47. The van der Waals surface area contributed by atoms with Gasteiger partial charge in [-0.2, -0.15) is 0 Å². The lowest BCUT2D eigenvalue weighted by Gasteiger charge is -2.12. The van der Waals surface area contributed by atoms with Gasteiger partial charge in [0.25, 0.3) is 0 Å². The van der Waals surface area contributed by atoms with E-state index in [1.54, 1.807) is 0 Å². The fraction of sp³-hybridized carbons (Fsp3) is 0.857. The predicted molar refractivity (Wildman–Crippen MR) is 39.4 cm³/mol. The second kappa shape index (κ2) is 3.57. The van der Waals surface area contributed by atoms with Crippen molar-refractivity contribution in [2.75, 3.05) is 6.54 Å². The van der Waals surface area contributed by atoms with E-state index in [2.05, 4.69) is 5.32 Å². The topological polar surface area (TPSA) is 69.6 Å². The number of hydrogen-bond acceptors (Lipinski definition) is 2. The third-order valence-electron chi connectivity index (χ3n) is 2.13. The summed E-state index contributed by atoms with van der Waals surface area (Å²) in [7, 11) is 0. The van der Waals surface area contributed by atoms with Crippen LogP contribution in [0.5, 0.6) is 0 Å². The van der Waals surface area contributed by atoms with Gasteiger partial charge < -0.3 is 15.5 Å². The first-order chi connectivity index (χ1) is 5.20. The van der Waals surface area contributed by atoms with Crippen LogP contribution in [0.15, 0.2) is 0 Å². The van der Waals surface area contributed by atoms with Crippen LogP contribution in [-0.2, 0) is 0 Å². The van der Waals surface area contributed by atoms with E-state index in [-0.39, 0.29) is 12.0 Å². The van der Waals surface area contributed by atoms with Gasteiger partial charge in [0.05, 0.1) is 6.10 Å². The highest BCUT2D eigenvalue weighted by Gasteiger charge is 2.24. The summed E-state index contributed by atoms with van der Waals surface area (Å²) in [5.74, 6) is 0.131. The number of aliphatic hydroxyl groups is 1. The highest BCUT2D eigenvalue weighted by molar-refractivity contribution is 5.64. The molecule has 1 aliphatic carbocycles. The van der Waals surface area contributed by atoms with Gasteiger partial charge in [-0.15, -0.1) is 0 Å². The first kappa shape index (κ1) is 8.33. The molecule has 1 aliphatic rings. The van der Waals surface area contributed by atoms with E-state index in [4.69, 9.17) is 5.11 Å². The van der Waals surface area contributed by atoms with Gasteiger partial charge in [-0.05, 0) is 12.8 Å². The van der Waals surface area contributed by atoms with Crippen molar-refractivity contribution in [3.8, 4) is 0 Å². The number of amides is 1. The maximum absolute atomic E-state index is 10.1. The van der Waals surface area contributed by atoms with Crippen LogP contribution in [0, 0.1) is 5.92 Å². The molecular weight excluding hydrogens is 146 g/mol. The molecule has 64 valence electrons. The van der Waals surface area contributed by atoms with E-state index in [0.717, 1.165) is 19.3 Å². The van der Waals surface area contributed by atoms with E-state index < -0.39 is 6.09 Å². The summed E-state index contributed by atoms with van der Waals surface area (Å²) in [6, 6.07) is 0. The Kier molecular flexibility index (Phi) is 2.70. The summed E-state index contributed by atoms with van der Waals surface area (Å²) in [6.45, 7) is 0.385. The average molecular weight is 159 g/mol. The first-order valence-corrected chi connectivity index (χ1v) is 3.85. The van der Waals surface area contributed by atoms with Crippen LogP contribution < -0.4 is 5.32 Å². The number of carbonyl (C=O) groups is 1. The Bertz CT molecular complexity index is 149. The van der Waals surface area contributed by atoms with Gasteiger partial charge >= 0.3 is 6.09 Å². The lowest BCUT2D eigenvalue weighted by molar-refractivity contribution is 0.129. The minimum Gasteiger partial charge on any atom is -0.465 e. The zero-order valence-electron chi connectivity index (χ0n) is 6.29. The third-order valence-corrected chi connectivity index (χ3v) is 2.13. The Hall–Kier alpha value is -0.770. The van der Waals surface area contributed by atoms with Gasteiger partial charge in [-0.25, -0.2) is 4.79 Å².